The van der Waals surface area contributed by atoms with E-state index in [0.717, 1.165) is 18.4 Å². The monoisotopic (exact) mass is 244 g/mol. The van der Waals surface area contributed by atoms with E-state index in [0.29, 0.717) is 0 Å². The van der Waals surface area contributed by atoms with Crippen LogP contribution in [0.25, 0.3) is 0 Å². The Morgan fingerprint density at radius 3 is 2.72 bits per heavy atom. The molecule has 0 radical (unpaired) electrons. The summed E-state index contributed by atoms with van der Waals surface area (Å²) in [5, 5.41) is 3.62. The normalized spacial score (nSPS) is 27.6. The Morgan fingerprint density at radius 1 is 1.17 bits per heavy atom. The summed E-state index contributed by atoms with van der Waals surface area (Å²) in [5.74, 6) is 1.63. The molecule has 2 heterocycles. The van der Waals surface area contributed by atoms with Gasteiger partial charge in [-0.2, -0.15) is 0 Å². The molecular formula is C16H24N2. The average molecular weight is 244 g/mol. The molecule has 0 amide bonds. The molecule has 1 aromatic rings. The number of fused-ring (bicyclic) bond motifs is 1. The molecule has 2 atom stereocenters. The Kier molecular flexibility index (Phi) is 3.19. The zero-order valence-corrected chi connectivity index (χ0v) is 11.6. The molecule has 1 saturated heterocycles. The highest BCUT2D eigenvalue weighted by Gasteiger charge is 2.24. The van der Waals surface area contributed by atoms with Crippen molar-refractivity contribution in [1.29, 1.82) is 0 Å². The molecule has 2 unspecified atom stereocenters. The number of hydrogen-bond donors (Lipinski definition) is 1. The van der Waals surface area contributed by atoms with Gasteiger partial charge in [-0.05, 0) is 42.7 Å². The summed E-state index contributed by atoms with van der Waals surface area (Å²) in [7, 11) is 0. The van der Waals surface area contributed by atoms with Crippen LogP contribution in [0.1, 0.15) is 32.3 Å². The second kappa shape index (κ2) is 4.83. The molecule has 2 heteroatoms. The van der Waals surface area contributed by atoms with Crippen molar-refractivity contribution in [2.45, 2.75) is 33.1 Å². The number of piperidine rings is 1. The van der Waals surface area contributed by atoms with Gasteiger partial charge >= 0.3 is 0 Å². The van der Waals surface area contributed by atoms with Crippen LogP contribution in [0.3, 0.4) is 0 Å². The molecule has 1 N–H and O–H groups in total. The van der Waals surface area contributed by atoms with Crippen molar-refractivity contribution in [3.8, 4) is 0 Å². The van der Waals surface area contributed by atoms with E-state index >= 15 is 0 Å². The summed E-state index contributed by atoms with van der Waals surface area (Å²) in [4.78, 5) is 2.59. The van der Waals surface area contributed by atoms with Crippen molar-refractivity contribution in [1.82, 2.24) is 0 Å². The van der Waals surface area contributed by atoms with Gasteiger partial charge in [-0.3, -0.25) is 0 Å². The average Bonchev–Trinajstić information content (AvgIpc) is 2.37. The van der Waals surface area contributed by atoms with Crippen LogP contribution in [-0.4, -0.2) is 19.6 Å². The standard InChI is InChI=1S/C16H24N2/c1-12-9-13(2)11-18(10-12)15-7-3-5-14-6-4-8-17-16(14)15/h3,5,7,12-13,17H,4,6,8-11H2,1-2H3. The lowest BCUT2D eigenvalue weighted by molar-refractivity contribution is 0.357. The minimum atomic E-state index is 0.813. The van der Waals surface area contributed by atoms with Crippen molar-refractivity contribution >= 4 is 11.4 Å². The SMILES string of the molecule is CC1CC(C)CN(c2cccc3c2NCCC3)C1. The van der Waals surface area contributed by atoms with Crippen LogP contribution in [0.5, 0.6) is 0 Å². The van der Waals surface area contributed by atoms with Gasteiger partial charge in [0.1, 0.15) is 0 Å². The van der Waals surface area contributed by atoms with Gasteiger partial charge in [0.2, 0.25) is 0 Å². The first-order chi connectivity index (χ1) is 8.74. The fraction of sp³-hybridized carbons (Fsp3) is 0.625. The Morgan fingerprint density at radius 2 is 1.94 bits per heavy atom. The molecule has 1 fully saturated rings. The summed E-state index contributed by atoms with van der Waals surface area (Å²) in [6, 6.07) is 6.80. The van der Waals surface area contributed by atoms with Crippen molar-refractivity contribution in [3.05, 3.63) is 23.8 Å². The van der Waals surface area contributed by atoms with Gasteiger partial charge in [-0.15, -0.1) is 0 Å². The van der Waals surface area contributed by atoms with Gasteiger partial charge in [-0.25, -0.2) is 0 Å². The number of rotatable bonds is 1. The molecule has 2 aliphatic rings. The lowest BCUT2D eigenvalue weighted by Gasteiger charge is -2.38. The van der Waals surface area contributed by atoms with Crippen molar-refractivity contribution in [3.63, 3.8) is 0 Å². The number of benzene rings is 1. The van der Waals surface area contributed by atoms with E-state index in [4.69, 9.17) is 0 Å². The number of anilines is 2. The molecule has 0 aromatic heterocycles. The minimum Gasteiger partial charge on any atom is -0.383 e. The fourth-order valence-electron chi connectivity index (χ4n) is 3.61. The molecule has 1 aromatic carbocycles. The minimum absolute atomic E-state index is 0.813. The van der Waals surface area contributed by atoms with E-state index in [1.54, 1.807) is 0 Å². The number of aryl methyl sites for hydroxylation is 1. The lowest BCUT2D eigenvalue weighted by Crippen LogP contribution is -2.39. The van der Waals surface area contributed by atoms with E-state index < -0.39 is 0 Å². The Hall–Kier alpha value is -1.18. The molecule has 0 aliphatic carbocycles. The number of para-hydroxylation sites is 1. The van der Waals surface area contributed by atoms with E-state index in [1.165, 1.54) is 49.3 Å². The van der Waals surface area contributed by atoms with E-state index in [1.807, 2.05) is 0 Å². The molecule has 0 saturated carbocycles. The highest BCUT2D eigenvalue weighted by molar-refractivity contribution is 5.74. The third kappa shape index (κ3) is 2.21. The maximum Gasteiger partial charge on any atom is 0.0610 e. The largest absolute Gasteiger partial charge is 0.383 e. The summed E-state index contributed by atoms with van der Waals surface area (Å²) in [5.41, 5.74) is 4.35. The fourth-order valence-corrected chi connectivity index (χ4v) is 3.61. The van der Waals surface area contributed by atoms with Crippen LogP contribution in [0.4, 0.5) is 11.4 Å². The Labute approximate surface area is 110 Å². The van der Waals surface area contributed by atoms with Crippen molar-refractivity contribution < 1.29 is 0 Å². The van der Waals surface area contributed by atoms with Gasteiger partial charge in [-0.1, -0.05) is 26.0 Å². The maximum absolute atomic E-state index is 3.62. The van der Waals surface area contributed by atoms with Crippen molar-refractivity contribution in [2.75, 3.05) is 29.9 Å². The predicted molar refractivity (Wildman–Crippen MR) is 78.4 cm³/mol. The van der Waals surface area contributed by atoms with Gasteiger partial charge in [0.05, 0.1) is 11.4 Å². The third-order valence-electron chi connectivity index (χ3n) is 4.26. The third-order valence-corrected chi connectivity index (χ3v) is 4.26. The number of hydrogen-bond acceptors (Lipinski definition) is 2. The second-order valence-electron chi connectivity index (χ2n) is 6.19. The topological polar surface area (TPSA) is 15.3 Å². The highest BCUT2D eigenvalue weighted by Crippen LogP contribution is 2.35. The van der Waals surface area contributed by atoms with E-state index in [9.17, 15) is 0 Å². The molecule has 18 heavy (non-hydrogen) atoms. The molecule has 2 aliphatic heterocycles. The highest BCUT2D eigenvalue weighted by atomic mass is 15.2. The molecule has 0 spiro atoms. The quantitative estimate of drug-likeness (QED) is 0.813. The van der Waals surface area contributed by atoms with Crippen LogP contribution < -0.4 is 10.2 Å². The molecule has 3 rings (SSSR count). The van der Waals surface area contributed by atoms with Crippen molar-refractivity contribution in [2.24, 2.45) is 11.8 Å². The summed E-state index contributed by atoms with van der Waals surface area (Å²) < 4.78 is 0. The smallest absolute Gasteiger partial charge is 0.0610 e. The number of nitrogens with one attached hydrogen (secondary N) is 1. The maximum atomic E-state index is 3.62. The van der Waals surface area contributed by atoms with Gasteiger partial charge < -0.3 is 10.2 Å². The zero-order valence-electron chi connectivity index (χ0n) is 11.6. The zero-order chi connectivity index (χ0) is 12.5. The molecular weight excluding hydrogens is 220 g/mol. The van der Waals surface area contributed by atoms with Gasteiger partial charge in [0.15, 0.2) is 0 Å². The Bertz CT molecular complexity index is 417. The Balaban J connectivity index is 1.91. The summed E-state index contributed by atoms with van der Waals surface area (Å²) in [6.45, 7) is 8.31. The number of nitrogens with zero attached hydrogens (tertiary/aromatic N) is 1. The van der Waals surface area contributed by atoms with Crippen LogP contribution in [-0.2, 0) is 6.42 Å². The molecule has 2 nitrogen and oxygen atoms in total. The van der Waals surface area contributed by atoms with Gasteiger partial charge in [0, 0.05) is 19.6 Å². The summed E-state index contributed by atoms with van der Waals surface area (Å²) in [6.07, 6.45) is 3.87. The predicted octanol–water partition coefficient (Wildman–Crippen LogP) is 3.53. The van der Waals surface area contributed by atoms with Crippen LogP contribution in [0.2, 0.25) is 0 Å². The first kappa shape index (κ1) is 11.9. The summed E-state index contributed by atoms with van der Waals surface area (Å²) >= 11 is 0. The van der Waals surface area contributed by atoms with Crippen LogP contribution >= 0.6 is 0 Å². The first-order valence-corrected chi connectivity index (χ1v) is 7.34. The second-order valence-corrected chi connectivity index (χ2v) is 6.19. The van der Waals surface area contributed by atoms with E-state index in [-0.39, 0.29) is 0 Å². The van der Waals surface area contributed by atoms with Crippen LogP contribution in [0, 0.1) is 11.8 Å². The molecule has 98 valence electrons. The van der Waals surface area contributed by atoms with Gasteiger partial charge in [0.25, 0.3) is 0 Å². The van der Waals surface area contributed by atoms with Crippen LogP contribution in [0.15, 0.2) is 18.2 Å². The lowest BCUT2D eigenvalue weighted by atomic mass is 9.91. The molecule has 0 bridgehead atoms. The first-order valence-electron chi connectivity index (χ1n) is 7.34. The van der Waals surface area contributed by atoms with E-state index in [2.05, 4.69) is 42.3 Å².